The normalized spacial score (nSPS) is 13.5. The summed E-state index contributed by atoms with van der Waals surface area (Å²) >= 11 is 0. The average molecular weight is 316 g/mol. The number of nitrogens with zero attached hydrogens (tertiary/aromatic N) is 1. The molecule has 1 unspecified atom stereocenters. The molecule has 0 saturated carbocycles. The van der Waals surface area contributed by atoms with Crippen LogP contribution in [0.1, 0.15) is 20.8 Å². The van der Waals surface area contributed by atoms with E-state index in [1.54, 1.807) is 7.05 Å². The van der Waals surface area contributed by atoms with E-state index < -0.39 is 10.0 Å². The van der Waals surface area contributed by atoms with Gasteiger partial charge < -0.3 is 15.2 Å². The Bertz CT molecular complexity index is 599. The second-order valence-corrected chi connectivity index (χ2v) is 7.22. The summed E-state index contributed by atoms with van der Waals surface area (Å²) in [6.07, 6.45) is 0. The lowest BCUT2D eigenvalue weighted by Gasteiger charge is -2.28. The predicted molar refractivity (Wildman–Crippen MR) is 83.2 cm³/mol. The number of ether oxygens (including phenoxy) is 2. The fourth-order valence-corrected chi connectivity index (χ4v) is 3.55. The molecule has 1 aromatic rings. The topological polar surface area (TPSA) is 81.9 Å². The zero-order valence-electron chi connectivity index (χ0n) is 13.4. The van der Waals surface area contributed by atoms with Crippen LogP contribution in [0.3, 0.4) is 0 Å². The van der Waals surface area contributed by atoms with Crippen LogP contribution in [0.25, 0.3) is 0 Å². The van der Waals surface area contributed by atoms with Gasteiger partial charge in [0.05, 0.1) is 19.9 Å². The lowest BCUT2D eigenvalue weighted by molar-refractivity contribution is 0.313. The smallest absolute Gasteiger partial charge is 0.246 e. The molecule has 21 heavy (non-hydrogen) atoms. The Morgan fingerprint density at radius 1 is 1.10 bits per heavy atom. The molecule has 0 heterocycles. The second-order valence-electron chi connectivity index (χ2n) is 5.25. The summed E-state index contributed by atoms with van der Waals surface area (Å²) in [7, 11) is 0.732. The monoisotopic (exact) mass is 316 g/mol. The molecule has 0 saturated heterocycles. The number of rotatable bonds is 6. The fourth-order valence-electron chi connectivity index (χ4n) is 1.89. The summed E-state index contributed by atoms with van der Waals surface area (Å²) in [6, 6.07) is 2.70. The van der Waals surface area contributed by atoms with E-state index in [0.29, 0.717) is 5.75 Å². The van der Waals surface area contributed by atoms with Crippen LogP contribution in [0.15, 0.2) is 17.0 Å². The van der Waals surface area contributed by atoms with Crippen molar-refractivity contribution in [3.63, 3.8) is 0 Å². The molecule has 0 aliphatic heterocycles. The summed E-state index contributed by atoms with van der Waals surface area (Å²) in [5.74, 6) is 0.778. The quantitative estimate of drug-likeness (QED) is 0.811. The lowest BCUT2D eigenvalue weighted by atomic mass is 10.1. The van der Waals surface area contributed by atoms with Crippen LogP contribution < -0.4 is 15.2 Å². The largest absolute Gasteiger partial charge is 0.495 e. The first kappa shape index (κ1) is 17.6. The first-order chi connectivity index (χ1) is 9.66. The number of methoxy groups -OCH3 is 2. The highest BCUT2D eigenvalue weighted by molar-refractivity contribution is 7.89. The standard InChI is InChI=1S/C14H24N2O4S/c1-9(2)10(3)16(4)21(17,18)14-7-11(15)12(19-5)8-13(14)20-6/h7-10H,15H2,1-6H3. The van der Waals surface area contributed by atoms with Crippen molar-refractivity contribution in [1.29, 1.82) is 0 Å². The predicted octanol–water partition coefficient (Wildman–Crippen LogP) is 1.95. The van der Waals surface area contributed by atoms with Crippen molar-refractivity contribution in [2.45, 2.75) is 31.7 Å². The number of hydrogen-bond donors (Lipinski definition) is 1. The van der Waals surface area contributed by atoms with Crippen LogP contribution in [0.4, 0.5) is 5.69 Å². The van der Waals surface area contributed by atoms with Crippen molar-refractivity contribution in [3.8, 4) is 11.5 Å². The molecular formula is C14H24N2O4S. The third-order valence-corrected chi connectivity index (χ3v) is 5.68. The van der Waals surface area contributed by atoms with Crippen LogP contribution in [0.5, 0.6) is 11.5 Å². The van der Waals surface area contributed by atoms with E-state index in [1.807, 2.05) is 20.8 Å². The van der Waals surface area contributed by atoms with Gasteiger partial charge in [0.25, 0.3) is 0 Å². The Balaban J connectivity index is 3.41. The van der Waals surface area contributed by atoms with Gasteiger partial charge >= 0.3 is 0 Å². The maximum absolute atomic E-state index is 12.8. The number of nitrogens with two attached hydrogens (primary N) is 1. The van der Waals surface area contributed by atoms with Gasteiger partial charge in [-0.25, -0.2) is 8.42 Å². The molecule has 0 amide bonds. The molecule has 1 aromatic carbocycles. The average Bonchev–Trinajstić information content (AvgIpc) is 2.44. The minimum atomic E-state index is -3.70. The molecule has 6 nitrogen and oxygen atoms in total. The van der Waals surface area contributed by atoms with Gasteiger partial charge in [-0.2, -0.15) is 4.31 Å². The Morgan fingerprint density at radius 3 is 2.05 bits per heavy atom. The molecule has 0 radical (unpaired) electrons. The molecule has 1 atom stereocenters. The molecular weight excluding hydrogens is 292 g/mol. The van der Waals surface area contributed by atoms with Gasteiger partial charge in [-0.1, -0.05) is 13.8 Å². The van der Waals surface area contributed by atoms with Crippen molar-refractivity contribution in [2.24, 2.45) is 5.92 Å². The summed E-state index contributed by atoms with van der Waals surface area (Å²) in [6.45, 7) is 5.80. The highest BCUT2D eigenvalue weighted by Crippen LogP contribution is 2.35. The minimum Gasteiger partial charge on any atom is -0.495 e. The van der Waals surface area contributed by atoms with Crippen LogP contribution in [-0.2, 0) is 10.0 Å². The molecule has 0 fully saturated rings. The van der Waals surface area contributed by atoms with E-state index in [1.165, 1.54) is 30.7 Å². The first-order valence-electron chi connectivity index (χ1n) is 6.66. The van der Waals surface area contributed by atoms with Crippen molar-refractivity contribution in [2.75, 3.05) is 27.0 Å². The SMILES string of the molecule is COc1cc(OC)c(S(=O)(=O)N(C)C(C)C(C)C)cc1N. The van der Waals surface area contributed by atoms with Gasteiger partial charge in [0.1, 0.15) is 16.4 Å². The van der Waals surface area contributed by atoms with Crippen LogP contribution in [0, 0.1) is 5.92 Å². The summed E-state index contributed by atoms with van der Waals surface area (Å²) in [5.41, 5.74) is 6.08. The number of sulfonamides is 1. The van der Waals surface area contributed by atoms with Gasteiger partial charge in [0, 0.05) is 19.2 Å². The number of nitrogen functional groups attached to an aromatic ring is 1. The minimum absolute atomic E-state index is 0.0401. The van der Waals surface area contributed by atoms with Crippen LogP contribution in [0.2, 0.25) is 0 Å². The summed E-state index contributed by atoms with van der Waals surface area (Å²) in [4.78, 5) is 0.0401. The van der Waals surface area contributed by atoms with E-state index in [9.17, 15) is 8.42 Å². The Labute approximate surface area is 126 Å². The van der Waals surface area contributed by atoms with E-state index in [2.05, 4.69) is 0 Å². The Kier molecular flexibility index (Phi) is 5.47. The number of anilines is 1. The summed E-state index contributed by atoms with van der Waals surface area (Å²) < 4.78 is 37.1. The van der Waals surface area contributed by atoms with E-state index in [-0.39, 0.29) is 28.3 Å². The zero-order chi connectivity index (χ0) is 16.4. The Hall–Kier alpha value is -1.47. The van der Waals surface area contributed by atoms with Crippen molar-refractivity contribution in [3.05, 3.63) is 12.1 Å². The number of hydrogen-bond acceptors (Lipinski definition) is 5. The van der Waals surface area contributed by atoms with Crippen molar-refractivity contribution < 1.29 is 17.9 Å². The third kappa shape index (κ3) is 3.41. The highest BCUT2D eigenvalue weighted by atomic mass is 32.2. The van der Waals surface area contributed by atoms with E-state index in [0.717, 1.165) is 0 Å². The molecule has 2 N–H and O–H groups in total. The van der Waals surface area contributed by atoms with E-state index >= 15 is 0 Å². The molecule has 0 aromatic heterocycles. The number of benzene rings is 1. The van der Waals surface area contributed by atoms with Crippen molar-refractivity contribution >= 4 is 15.7 Å². The van der Waals surface area contributed by atoms with Crippen molar-refractivity contribution in [1.82, 2.24) is 4.31 Å². The van der Waals surface area contributed by atoms with Crippen LogP contribution >= 0.6 is 0 Å². The van der Waals surface area contributed by atoms with Crippen LogP contribution in [-0.4, -0.2) is 40.0 Å². The van der Waals surface area contributed by atoms with Gasteiger partial charge in [-0.05, 0) is 18.9 Å². The molecule has 7 heteroatoms. The highest BCUT2D eigenvalue weighted by Gasteiger charge is 2.30. The van der Waals surface area contributed by atoms with Gasteiger partial charge in [0.15, 0.2) is 0 Å². The maximum atomic E-state index is 12.8. The van der Waals surface area contributed by atoms with Gasteiger partial charge in [-0.3, -0.25) is 0 Å². The maximum Gasteiger partial charge on any atom is 0.246 e. The molecule has 120 valence electrons. The first-order valence-corrected chi connectivity index (χ1v) is 8.10. The summed E-state index contributed by atoms with van der Waals surface area (Å²) in [5, 5.41) is 0. The second kappa shape index (κ2) is 6.53. The molecule has 0 spiro atoms. The fraction of sp³-hybridized carbons (Fsp3) is 0.571. The Morgan fingerprint density at radius 2 is 1.62 bits per heavy atom. The van der Waals surface area contributed by atoms with Gasteiger partial charge in [-0.15, -0.1) is 0 Å². The third-order valence-electron chi connectivity index (χ3n) is 3.71. The zero-order valence-corrected chi connectivity index (χ0v) is 14.2. The molecule has 1 rings (SSSR count). The lowest BCUT2D eigenvalue weighted by Crippen LogP contribution is -2.38. The van der Waals surface area contributed by atoms with Gasteiger partial charge in [0.2, 0.25) is 10.0 Å². The molecule has 0 aliphatic rings. The van der Waals surface area contributed by atoms with E-state index in [4.69, 9.17) is 15.2 Å². The molecule has 0 bridgehead atoms. The molecule has 0 aliphatic carbocycles.